The van der Waals surface area contributed by atoms with E-state index in [2.05, 4.69) is 38.0 Å². The molecule has 4 nitrogen and oxygen atoms in total. The average Bonchev–Trinajstić information content (AvgIpc) is 2.34. The van der Waals surface area contributed by atoms with Gasteiger partial charge < -0.3 is 16.0 Å². The van der Waals surface area contributed by atoms with Crippen LogP contribution in [0.1, 0.15) is 46.5 Å². The van der Waals surface area contributed by atoms with Gasteiger partial charge >= 0.3 is 0 Å². The molecular formula is C14H31N3O. The van der Waals surface area contributed by atoms with Gasteiger partial charge in [-0.15, -0.1) is 0 Å². The van der Waals surface area contributed by atoms with Gasteiger partial charge in [0.15, 0.2) is 0 Å². The standard InChI is InChI=1S/C14H31N3O/c1-5-13(8-9-15)6-7-14(18)16-10-11-17(4)12(2)3/h12-13H,5-11,15H2,1-4H3,(H,16,18). The van der Waals surface area contributed by atoms with Gasteiger partial charge in [0.2, 0.25) is 5.91 Å². The molecule has 0 spiro atoms. The fraction of sp³-hybridized carbons (Fsp3) is 0.929. The van der Waals surface area contributed by atoms with Gasteiger partial charge in [-0.2, -0.15) is 0 Å². The molecule has 0 heterocycles. The lowest BCUT2D eigenvalue weighted by molar-refractivity contribution is -0.121. The number of hydrogen-bond donors (Lipinski definition) is 2. The molecule has 0 aliphatic heterocycles. The average molecular weight is 257 g/mol. The third kappa shape index (κ3) is 8.48. The lowest BCUT2D eigenvalue weighted by Gasteiger charge is -2.21. The summed E-state index contributed by atoms with van der Waals surface area (Å²) in [5, 5.41) is 2.98. The fourth-order valence-electron chi connectivity index (χ4n) is 1.84. The lowest BCUT2D eigenvalue weighted by atomic mass is 9.96. The van der Waals surface area contributed by atoms with E-state index in [1.54, 1.807) is 0 Å². The second-order valence-corrected chi connectivity index (χ2v) is 5.31. The number of nitrogens with one attached hydrogen (secondary N) is 1. The van der Waals surface area contributed by atoms with Crippen molar-refractivity contribution in [3.63, 3.8) is 0 Å². The minimum Gasteiger partial charge on any atom is -0.355 e. The molecule has 18 heavy (non-hydrogen) atoms. The first-order valence-corrected chi connectivity index (χ1v) is 7.18. The van der Waals surface area contributed by atoms with Crippen molar-refractivity contribution in [1.82, 2.24) is 10.2 Å². The monoisotopic (exact) mass is 257 g/mol. The summed E-state index contributed by atoms with van der Waals surface area (Å²) < 4.78 is 0. The number of amides is 1. The Labute approximate surface area is 112 Å². The van der Waals surface area contributed by atoms with Crippen molar-refractivity contribution >= 4 is 5.91 Å². The predicted octanol–water partition coefficient (Wildman–Crippen LogP) is 1.60. The molecule has 1 unspecified atom stereocenters. The molecule has 0 aromatic heterocycles. The smallest absolute Gasteiger partial charge is 0.220 e. The summed E-state index contributed by atoms with van der Waals surface area (Å²) in [6.07, 6.45) is 3.73. The van der Waals surface area contributed by atoms with Gasteiger partial charge in [-0.05, 0) is 46.2 Å². The van der Waals surface area contributed by atoms with Crippen LogP contribution in [-0.2, 0) is 4.79 Å². The summed E-state index contributed by atoms with van der Waals surface area (Å²) in [7, 11) is 2.07. The van der Waals surface area contributed by atoms with E-state index in [9.17, 15) is 4.79 Å². The van der Waals surface area contributed by atoms with Gasteiger partial charge in [-0.3, -0.25) is 4.79 Å². The number of hydrogen-bond acceptors (Lipinski definition) is 3. The number of nitrogens with two attached hydrogens (primary N) is 1. The molecule has 1 atom stereocenters. The Morgan fingerprint density at radius 3 is 2.50 bits per heavy atom. The van der Waals surface area contributed by atoms with Crippen LogP contribution >= 0.6 is 0 Å². The van der Waals surface area contributed by atoms with Crippen molar-refractivity contribution < 1.29 is 4.79 Å². The maximum Gasteiger partial charge on any atom is 0.220 e. The van der Waals surface area contributed by atoms with Crippen molar-refractivity contribution in [2.24, 2.45) is 11.7 Å². The second kappa shape index (κ2) is 10.3. The first-order chi connectivity index (χ1) is 8.51. The minimum absolute atomic E-state index is 0.169. The molecule has 4 heteroatoms. The molecule has 108 valence electrons. The van der Waals surface area contributed by atoms with Crippen LogP contribution in [0.3, 0.4) is 0 Å². The molecule has 0 aromatic rings. The van der Waals surface area contributed by atoms with Crippen molar-refractivity contribution in [3.8, 4) is 0 Å². The highest BCUT2D eigenvalue weighted by molar-refractivity contribution is 5.75. The maximum atomic E-state index is 11.7. The molecule has 1 amide bonds. The summed E-state index contributed by atoms with van der Waals surface area (Å²) in [5.41, 5.74) is 5.55. The highest BCUT2D eigenvalue weighted by Gasteiger charge is 2.09. The Morgan fingerprint density at radius 2 is 2.00 bits per heavy atom. The summed E-state index contributed by atoms with van der Waals surface area (Å²) in [6, 6.07) is 0.524. The van der Waals surface area contributed by atoms with Gasteiger partial charge in [0.1, 0.15) is 0 Å². The van der Waals surface area contributed by atoms with E-state index < -0.39 is 0 Å². The van der Waals surface area contributed by atoms with Crippen molar-refractivity contribution in [1.29, 1.82) is 0 Å². The first-order valence-electron chi connectivity index (χ1n) is 7.18. The molecule has 0 aliphatic rings. The largest absolute Gasteiger partial charge is 0.355 e. The zero-order valence-corrected chi connectivity index (χ0v) is 12.5. The molecule has 0 saturated carbocycles. The Morgan fingerprint density at radius 1 is 1.33 bits per heavy atom. The van der Waals surface area contributed by atoms with Gasteiger partial charge in [-0.25, -0.2) is 0 Å². The van der Waals surface area contributed by atoms with Crippen molar-refractivity contribution in [2.45, 2.75) is 52.5 Å². The fourth-order valence-corrected chi connectivity index (χ4v) is 1.84. The van der Waals surface area contributed by atoms with E-state index in [-0.39, 0.29) is 5.91 Å². The summed E-state index contributed by atoms with van der Waals surface area (Å²) in [6.45, 7) is 8.83. The second-order valence-electron chi connectivity index (χ2n) is 5.31. The molecule has 0 fully saturated rings. The molecule has 3 N–H and O–H groups in total. The Bertz CT molecular complexity index is 219. The van der Waals surface area contributed by atoms with Crippen LogP contribution < -0.4 is 11.1 Å². The molecule has 0 rings (SSSR count). The topological polar surface area (TPSA) is 58.4 Å². The van der Waals surface area contributed by atoms with Crippen LogP contribution in [0.4, 0.5) is 0 Å². The van der Waals surface area contributed by atoms with Crippen LogP contribution in [-0.4, -0.2) is 43.5 Å². The van der Waals surface area contributed by atoms with Crippen molar-refractivity contribution in [2.75, 3.05) is 26.7 Å². The maximum absolute atomic E-state index is 11.7. The summed E-state index contributed by atoms with van der Waals surface area (Å²) in [5.74, 6) is 0.765. The van der Waals surface area contributed by atoms with E-state index in [0.29, 0.717) is 18.4 Å². The summed E-state index contributed by atoms with van der Waals surface area (Å²) in [4.78, 5) is 13.9. The number of rotatable bonds is 10. The van der Waals surface area contributed by atoms with Gasteiger partial charge in [0.25, 0.3) is 0 Å². The lowest BCUT2D eigenvalue weighted by Crippen LogP contribution is -2.36. The van der Waals surface area contributed by atoms with Gasteiger partial charge in [0.05, 0.1) is 0 Å². The van der Waals surface area contributed by atoms with Crippen LogP contribution in [0.5, 0.6) is 0 Å². The Hall–Kier alpha value is -0.610. The van der Waals surface area contributed by atoms with E-state index >= 15 is 0 Å². The van der Waals surface area contributed by atoms with Crippen LogP contribution in [0, 0.1) is 5.92 Å². The molecule has 0 saturated heterocycles. The quantitative estimate of drug-likeness (QED) is 0.625. The highest BCUT2D eigenvalue weighted by Crippen LogP contribution is 2.14. The van der Waals surface area contributed by atoms with E-state index in [1.165, 1.54) is 0 Å². The normalized spacial score (nSPS) is 13.1. The third-order valence-electron chi connectivity index (χ3n) is 3.60. The van der Waals surface area contributed by atoms with E-state index in [4.69, 9.17) is 5.73 Å². The van der Waals surface area contributed by atoms with Crippen LogP contribution in [0.2, 0.25) is 0 Å². The van der Waals surface area contributed by atoms with Crippen molar-refractivity contribution in [3.05, 3.63) is 0 Å². The van der Waals surface area contributed by atoms with Crippen LogP contribution in [0.25, 0.3) is 0 Å². The molecule has 0 bridgehead atoms. The number of nitrogens with zero attached hydrogens (tertiary/aromatic N) is 1. The third-order valence-corrected chi connectivity index (χ3v) is 3.60. The van der Waals surface area contributed by atoms with Gasteiger partial charge in [0, 0.05) is 25.6 Å². The van der Waals surface area contributed by atoms with E-state index in [1.807, 2.05) is 0 Å². The van der Waals surface area contributed by atoms with E-state index in [0.717, 1.165) is 38.9 Å². The molecule has 0 aliphatic carbocycles. The number of carbonyl (C=O) groups excluding carboxylic acids is 1. The minimum atomic E-state index is 0.169. The summed E-state index contributed by atoms with van der Waals surface area (Å²) >= 11 is 0. The SMILES string of the molecule is CCC(CCN)CCC(=O)NCCN(C)C(C)C. The molecular weight excluding hydrogens is 226 g/mol. The van der Waals surface area contributed by atoms with Crippen LogP contribution in [0.15, 0.2) is 0 Å². The zero-order chi connectivity index (χ0) is 14.0. The zero-order valence-electron chi connectivity index (χ0n) is 12.5. The number of carbonyl (C=O) groups is 1. The number of likely N-dealkylation sites (N-methyl/N-ethyl adjacent to an activating group) is 1. The first kappa shape index (κ1) is 17.4. The molecule has 0 radical (unpaired) electrons. The Balaban J connectivity index is 3.65. The Kier molecular flexibility index (Phi) is 9.98. The predicted molar refractivity (Wildman–Crippen MR) is 77.5 cm³/mol. The molecule has 0 aromatic carbocycles. The highest BCUT2D eigenvalue weighted by atomic mass is 16.1. The van der Waals surface area contributed by atoms with Gasteiger partial charge in [-0.1, -0.05) is 13.3 Å².